The van der Waals surface area contributed by atoms with E-state index in [0.717, 1.165) is 0 Å². The summed E-state index contributed by atoms with van der Waals surface area (Å²) in [6.45, 7) is 5.36. The van der Waals surface area contributed by atoms with Gasteiger partial charge in [0.15, 0.2) is 0 Å². The summed E-state index contributed by atoms with van der Waals surface area (Å²) in [4.78, 5) is 23.0. The molecule has 2 rings (SSSR count). The maximum absolute atomic E-state index is 11.6. The predicted octanol–water partition coefficient (Wildman–Crippen LogP) is 2.85. The molecule has 0 aliphatic heterocycles. The molecule has 0 saturated heterocycles. The fourth-order valence-corrected chi connectivity index (χ4v) is 2.78. The number of hydrogen-bond acceptors (Lipinski definition) is 5. The van der Waals surface area contributed by atoms with Crippen LogP contribution < -0.4 is 5.32 Å². The minimum absolute atomic E-state index is 0.107. The Balaban J connectivity index is 2.09. The Kier molecular flexibility index (Phi) is 6.41. The highest BCUT2D eigenvalue weighted by atomic mass is 16.6. The largest absolute Gasteiger partial charge is 0.478 e. The monoisotopic (exact) mass is 375 g/mol. The molecule has 0 radical (unpaired) electrons. The van der Waals surface area contributed by atoms with Crippen LogP contribution in [0, 0.1) is 0 Å². The van der Waals surface area contributed by atoms with E-state index in [0.29, 0.717) is 16.3 Å². The Morgan fingerprint density at radius 2 is 1.70 bits per heavy atom. The Labute approximate surface area is 157 Å². The summed E-state index contributed by atoms with van der Waals surface area (Å²) in [6, 6.07) is 9.72. The highest BCUT2D eigenvalue weighted by Crippen LogP contribution is 2.29. The number of rotatable bonds is 6. The van der Waals surface area contributed by atoms with E-state index >= 15 is 0 Å². The first-order valence-electron chi connectivity index (χ1n) is 8.68. The molecule has 0 aliphatic rings. The maximum atomic E-state index is 11.6. The highest BCUT2D eigenvalue weighted by Gasteiger charge is 2.22. The van der Waals surface area contributed by atoms with Gasteiger partial charge in [0.05, 0.1) is 11.7 Å². The summed E-state index contributed by atoms with van der Waals surface area (Å²) >= 11 is 0. The van der Waals surface area contributed by atoms with Crippen LogP contribution >= 0.6 is 0 Å². The maximum Gasteiger partial charge on any atom is 0.407 e. The topological polar surface area (TPSA) is 116 Å². The second-order valence-electron chi connectivity index (χ2n) is 7.28. The fraction of sp³-hybridized carbons (Fsp3) is 0.400. The van der Waals surface area contributed by atoms with E-state index in [1.54, 1.807) is 51.1 Å². The smallest absolute Gasteiger partial charge is 0.407 e. The van der Waals surface area contributed by atoms with Crippen molar-refractivity contribution in [3.05, 3.63) is 47.5 Å². The Morgan fingerprint density at radius 3 is 2.33 bits per heavy atom. The van der Waals surface area contributed by atoms with Crippen molar-refractivity contribution in [2.75, 3.05) is 6.54 Å². The Bertz CT molecular complexity index is 827. The number of nitrogens with one attached hydrogen (secondary N) is 1. The van der Waals surface area contributed by atoms with Gasteiger partial charge in [0.2, 0.25) is 0 Å². The van der Waals surface area contributed by atoms with Crippen LogP contribution in [-0.2, 0) is 4.74 Å². The SMILES string of the molecule is CC(C)(C)OC(=O)NCCC(O)C(O)c1cccc2c(C(=O)O)cccc12. The third-order valence-electron chi connectivity index (χ3n) is 3.98. The van der Waals surface area contributed by atoms with Gasteiger partial charge in [-0.15, -0.1) is 0 Å². The van der Waals surface area contributed by atoms with Crippen LogP contribution in [0.4, 0.5) is 4.79 Å². The van der Waals surface area contributed by atoms with Gasteiger partial charge in [-0.3, -0.25) is 0 Å². The average Bonchev–Trinajstić information content (AvgIpc) is 2.58. The van der Waals surface area contributed by atoms with Gasteiger partial charge in [0.1, 0.15) is 11.7 Å². The Hall–Kier alpha value is -2.64. The molecule has 2 unspecified atom stereocenters. The van der Waals surface area contributed by atoms with Crippen molar-refractivity contribution in [3.63, 3.8) is 0 Å². The summed E-state index contributed by atoms with van der Waals surface area (Å²) in [7, 11) is 0. The zero-order valence-corrected chi connectivity index (χ0v) is 15.6. The van der Waals surface area contributed by atoms with Crippen LogP contribution in [0.15, 0.2) is 36.4 Å². The van der Waals surface area contributed by atoms with Crippen molar-refractivity contribution in [2.24, 2.45) is 0 Å². The van der Waals surface area contributed by atoms with Gasteiger partial charge in [-0.2, -0.15) is 0 Å². The summed E-state index contributed by atoms with van der Waals surface area (Å²) in [5.41, 5.74) is -0.0597. The minimum atomic E-state index is -1.22. The van der Waals surface area contributed by atoms with Gasteiger partial charge in [-0.05, 0) is 49.6 Å². The van der Waals surface area contributed by atoms with Gasteiger partial charge in [-0.25, -0.2) is 9.59 Å². The molecule has 2 aromatic rings. The molecule has 7 heteroatoms. The molecule has 146 valence electrons. The molecule has 0 spiro atoms. The molecule has 0 aliphatic carbocycles. The second-order valence-corrected chi connectivity index (χ2v) is 7.28. The van der Waals surface area contributed by atoms with E-state index in [-0.39, 0.29) is 18.5 Å². The number of aliphatic hydroxyl groups is 2. The highest BCUT2D eigenvalue weighted by molar-refractivity contribution is 6.04. The summed E-state index contributed by atoms with van der Waals surface area (Å²) in [6.07, 6.45) is -2.85. The van der Waals surface area contributed by atoms with Crippen LogP contribution in [-0.4, -0.2) is 45.6 Å². The molecular weight excluding hydrogens is 350 g/mol. The number of aromatic carboxylic acids is 1. The summed E-state index contributed by atoms with van der Waals surface area (Å²) in [5, 5.41) is 33.7. The number of carboxylic acid groups (broad SMARTS) is 1. The van der Waals surface area contributed by atoms with Crippen LogP contribution in [0.2, 0.25) is 0 Å². The number of carbonyl (C=O) groups excluding carboxylic acids is 1. The van der Waals surface area contributed by atoms with Crippen LogP contribution in [0.25, 0.3) is 10.8 Å². The summed E-state index contributed by atoms with van der Waals surface area (Å²) in [5.74, 6) is -1.06. The zero-order chi connectivity index (χ0) is 20.2. The molecule has 0 saturated carbocycles. The molecule has 4 N–H and O–H groups in total. The van der Waals surface area contributed by atoms with Crippen molar-refractivity contribution in [2.45, 2.75) is 45.0 Å². The second kappa shape index (κ2) is 8.37. The normalized spacial score (nSPS) is 13.8. The average molecular weight is 375 g/mol. The number of ether oxygens (including phenoxy) is 1. The molecule has 27 heavy (non-hydrogen) atoms. The minimum Gasteiger partial charge on any atom is -0.478 e. The van der Waals surface area contributed by atoms with Gasteiger partial charge in [0.25, 0.3) is 0 Å². The van der Waals surface area contributed by atoms with Crippen LogP contribution in [0.1, 0.15) is 49.2 Å². The van der Waals surface area contributed by atoms with Crippen molar-refractivity contribution < 1.29 is 29.6 Å². The lowest BCUT2D eigenvalue weighted by Crippen LogP contribution is -2.34. The van der Waals surface area contributed by atoms with E-state index in [2.05, 4.69) is 5.32 Å². The van der Waals surface area contributed by atoms with E-state index < -0.39 is 29.9 Å². The number of carbonyl (C=O) groups is 2. The van der Waals surface area contributed by atoms with Crippen molar-refractivity contribution in [1.29, 1.82) is 0 Å². The number of hydrogen-bond donors (Lipinski definition) is 4. The van der Waals surface area contributed by atoms with Crippen LogP contribution in [0.5, 0.6) is 0 Å². The predicted molar refractivity (Wildman–Crippen MR) is 101 cm³/mol. The van der Waals surface area contributed by atoms with Gasteiger partial charge >= 0.3 is 12.1 Å². The number of benzene rings is 2. The number of carboxylic acids is 1. The quantitative estimate of drug-likeness (QED) is 0.617. The molecule has 2 aromatic carbocycles. The Morgan fingerprint density at radius 1 is 1.07 bits per heavy atom. The molecule has 0 heterocycles. The first-order valence-corrected chi connectivity index (χ1v) is 8.68. The molecule has 0 fully saturated rings. The third kappa shape index (κ3) is 5.42. The van der Waals surface area contributed by atoms with Crippen molar-refractivity contribution in [1.82, 2.24) is 5.32 Å². The third-order valence-corrected chi connectivity index (χ3v) is 3.98. The van der Waals surface area contributed by atoms with Gasteiger partial charge < -0.3 is 25.4 Å². The molecular formula is C20H25NO6. The van der Waals surface area contributed by atoms with Crippen molar-refractivity contribution in [3.8, 4) is 0 Å². The lowest BCUT2D eigenvalue weighted by atomic mass is 9.94. The van der Waals surface area contributed by atoms with Crippen molar-refractivity contribution >= 4 is 22.8 Å². The van der Waals surface area contributed by atoms with E-state index in [1.165, 1.54) is 6.07 Å². The number of alkyl carbamates (subject to hydrolysis) is 1. The van der Waals surface area contributed by atoms with E-state index in [4.69, 9.17) is 4.74 Å². The standard InChI is InChI=1S/C20H25NO6/c1-20(2,3)27-19(26)21-11-10-16(22)17(23)14-8-4-7-13-12(14)6-5-9-15(13)18(24)25/h4-9,16-17,22-23H,10-11H2,1-3H3,(H,21,26)(H,24,25). The summed E-state index contributed by atoms with van der Waals surface area (Å²) < 4.78 is 5.11. The lowest BCUT2D eigenvalue weighted by molar-refractivity contribution is 0.0131. The number of amides is 1. The van der Waals surface area contributed by atoms with Crippen LogP contribution in [0.3, 0.4) is 0 Å². The molecule has 2 atom stereocenters. The first kappa shape index (κ1) is 20.7. The van der Waals surface area contributed by atoms with E-state index in [9.17, 15) is 24.9 Å². The number of fused-ring (bicyclic) bond motifs is 1. The fourth-order valence-electron chi connectivity index (χ4n) is 2.78. The lowest BCUT2D eigenvalue weighted by Gasteiger charge is -2.22. The molecule has 7 nitrogen and oxygen atoms in total. The number of aliphatic hydroxyl groups excluding tert-OH is 2. The molecule has 0 bridgehead atoms. The van der Waals surface area contributed by atoms with Gasteiger partial charge in [-0.1, -0.05) is 30.3 Å². The van der Waals surface area contributed by atoms with E-state index in [1.807, 2.05) is 0 Å². The molecule has 1 amide bonds. The zero-order valence-electron chi connectivity index (χ0n) is 15.6. The molecule has 0 aromatic heterocycles. The first-order chi connectivity index (χ1) is 12.6. The van der Waals surface area contributed by atoms with Gasteiger partial charge in [0, 0.05) is 6.54 Å².